The summed E-state index contributed by atoms with van der Waals surface area (Å²) >= 11 is 0. The van der Waals surface area contributed by atoms with E-state index < -0.39 is 0 Å². The molecular weight excluding hydrogens is 242 g/mol. The van der Waals surface area contributed by atoms with Gasteiger partial charge in [-0.1, -0.05) is 19.1 Å². The van der Waals surface area contributed by atoms with E-state index in [9.17, 15) is 9.59 Å². The highest BCUT2D eigenvalue weighted by molar-refractivity contribution is 5.88. The van der Waals surface area contributed by atoms with Crippen molar-refractivity contribution in [2.24, 2.45) is 11.7 Å². The molecule has 4 N–H and O–H groups in total. The predicted molar refractivity (Wildman–Crippen MR) is 75.4 cm³/mol. The second-order valence-electron chi connectivity index (χ2n) is 4.74. The van der Waals surface area contributed by atoms with E-state index in [0.717, 1.165) is 11.3 Å². The van der Waals surface area contributed by atoms with Gasteiger partial charge in [0.1, 0.15) is 0 Å². The van der Waals surface area contributed by atoms with E-state index >= 15 is 0 Å². The third-order valence-corrected chi connectivity index (χ3v) is 2.94. The highest BCUT2D eigenvalue weighted by Gasteiger charge is 2.16. The third kappa shape index (κ3) is 5.09. The van der Waals surface area contributed by atoms with Crippen LogP contribution < -0.4 is 16.4 Å². The molecule has 0 spiro atoms. The summed E-state index contributed by atoms with van der Waals surface area (Å²) in [4.78, 5) is 22.6. The minimum atomic E-state index is -0.210. The van der Waals surface area contributed by atoms with Crippen LogP contribution in [0.2, 0.25) is 0 Å². The molecule has 1 rings (SSSR count). The molecule has 0 heterocycles. The van der Waals surface area contributed by atoms with Gasteiger partial charge in [-0.25, -0.2) is 0 Å². The number of nitrogens with one attached hydrogen (secondary N) is 2. The lowest BCUT2D eigenvalue weighted by atomic mass is 10.0. The van der Waals surface area contributed by atoms with Crippen molar-refractivity contribution >= 4 is 17.5 Å². The second-order valence-corrected chi connectivity index (χ2v) is 4.74. The van der Waals surface area contributed by atoms with Gasteiger partial charge in [-0.3, -0.25) is 9.59 Å². The maximum atomic E-state index is 11.7. The summed E-state index contributed by atoms with van der Waals surface area (Å²) in [7, 11) is 0. The van der Waals surface area contributed by atoms with E-state index in [2.05, 4.69) is 10.6 Å². The van der Waals surface area contributed by atoms with Gasteiger partial charge in [-0.2, -0.15) is 0 Å². The largest absolute Gasteiger partial charge is 0.352 e. The minimum Gasteiger partial charge on any atom is -0.352 e. The highest BCUT2D eigenvalue weighted by atomic mass is 16.2. The zero-order chi connectivity index (χ0) is 14.4. The number of amides is 2. The summed E-state index contributed by atoms with van der Waals surface area (Å²) in [6, 6.07) is 7.17. The van der Waals surface area contributed by atoms with Crippen molar-refractivity contribution in [3.63, 3.8) is 0 Å². The molecule has 1 aromatic rings. The molecule has 0 saturated carbocycles. The molecule has 2 atom stereocenters. The maximum absolute atomic E-state index is 11.7. The second kappa shape index (κ2) is 6.89. The van der Waals surface area contributed by atoms with E-state index in [-0.39, 0.29) is 23.8 Å². The molecule has 0 aliphatic carbocycles. The highest BCUT2D eigenvalue weighted by Crippen LogP contribution is 2.09. The summed E-state index contributed by atoms with van der Waals surface area (Å²) in [6.07, 6.45) is 0. The Morgan fingerprint density at radius 1 is 1.21 bits per heavy atom. The van der Waals surface area contributed by atoms with Crippen molar-refractivity contribution in [3.05, 3.63) is 29.8 Å². The zero-order valence-electron chi connectivity index (χ0n) is 11.6. The molecule has 0 bridgehead atoms. The van der Waals surface area contributed by atoms with Crippen LogP contribution in [0.5, 0.6) is 0 Å². The van der Waals surface area contributed by atoms with Gasteiger partial charge in [0.25, 0.3) is 0 Å². The fraction of sp³-hybridized carbons (Fsp3) is 0.429. The van der Waals surface area contributed by atoms with Gasteiger partial charge in [0, 0.05) is 31.1 Å². The fourth-order valence-electron chi connectivity index (χ4n) is 1.50. The molecule has 2 amide bonds. The molecule has 0 aliphatic heterocycles. The Kier molecular flexibility index (Phi) is 5.51. The van der Waals surface area contributed by atoms with Gasteiger partial charge in [0.05, 0.1) is 0 Å². The lowest BCUT2D eigenvalue weighted by Crippen LogP contribution is -2.38. The van der Waals surface area contributed by atoms with Crippen LogP contribution in [0.3, 0.4) is 0 Å². The number of rotatable bonds is 5. The van der Waals surface area contributed by atoms with Crippen LogP contribution in [-0.4, -0.2) is 17.9 Å². The summed E-state index contributed by atoms with van der Waals surface area (Å²) in [6.45, 7) is 5.53. The molecule has 0 radical (unpaired) electrons. The smallest absolute Gasteiger partial charge is 0.224 e. The summed E-state index contributed by atoms with van der Waals surface area (Å²) < 4.78 is 0. The Morgan fingerprint density at radius 3 is 2.26 bits per heavy atom. The van der Waals surface area contributed by atoms with Crippen molar-refractivity contribution < 1.29 is 9.59 Å². The third-order valence-electron chi connectivity index (χ3n) is 2.94. The fourth-order valence-corrected chi connectivity index (χ4v) is 1.50. The van der Waals surface area contributed by atoms with Crippen molar-refractivity contribution in [1.82, 2.24) is 5.32 Å². The average molecular weight is 263 g/mol. The monoisotopic (exact) mass is 263 g/mol. The van der Waals surface area contributed by atoms with Crippen LogP contribution in [0, 0.1) is 5.92 Å². The molecular formula is C14H21N3O2. The van der Waals surface area contributed by atoms with Crippen molar-refractivity contribution in [2.75, 3.05) is 5.32 Å². The SMILES string of the molecule is CC(=O)Nc1ccc(CNC(=O)C(C)C(C)N)cc1. The molecule has 2 unspecified atom stereocenters. The van der Waals surface area contributed by atoms with Gasteiger partial charge >= 0.3 is 0 Å². The Morgan fingerprint density at radius 2 is 1.79 bits per heavy atom. The summed E-state index contributed by atoms with van der Waals surface area (Å²) in [5.74, 6) is -0.369. The number of hydrogen-bond donors (Lipinski definition) is 3. The van der Waals surface area contributed by atoms with Crippen molar-refractivity contribution in [1.29, 1.82) is 0 Å². The van der Waals surface area contributed by atoms with Gasteiger partial charge < -0.3 is 16.4 Å². The van der Waals surface area contributed by atoms with Crippen LogP contribution >= 0.6 is 0 Å². The van der Waals surface area contributed by atoms with Crippen LogP contribution in [0.15, 0.2) is 24.3 Å². The lowest BCUT2D eigenvalue weighted by molar-refractivity contribution is -0.125. The molecule has 0 saturated heterocycles. The van der Waals surface area contributed by atoms with E-state index in [0.29, 0.717) is 6.54 Å². The van der Waals surface area contributed by atoms with Crippen LogP contribution in [0.4, 0.5) is 5.69 Å². The van der Waals surface area contributed by atoms with Gasteiger partial charge in [0.15, 0.2) is 0 Å². The summed E-state index contributed by atoms with van der Waals surface area (Å²) in [5.41, 5.74) is 7.38. The topological polar surface area (TPSA) is 84.2 Å². The average Bonchev–Trinajstić information content (AvgIpc) is 2.35. The van der Waals surface area contributed by atoms with E-state index in [4.69, 9.17) is 5.73 Å². The predicted octanol–water partition coefficient (Wildman–Crippen LogP) is 1.24. The number of carbonyl (C=O) groups is 2. The Bertz CT molecular complexity index is 441. The number of nitrogens with two attached hydrogens (primary N) is 1. The molecule has 104 valence electrons. The van der Waals surface area contributed by atoms with E-state index in [1.54, 1.807) is 19.1 Å². The molecule has 5 nitrogen and oxygen atoms in total. The van der Waals surface area contributed by atoms with E-state index in [1.165, 1.54) is 6.92 Å². The van der Waals surface area contributed by atoms with Crippen LogP contribution in [0.25, 0.3) is 0 Å². The first-order chi connectivity index (χ1) is 8.90. The minimum absolute atomic E-state index is 0.0547. The van der Waals surface area contributed by atoms with Gasteiger partial charge in [-0.15, -0.1) is 0 Å². The van der Waals surface area contributed by atoms with Crippen LogP contribution in [0.1, 0.15) is 26.3 Å². The maximum Gasteiger partial charge on any atom is 0.224 e. The number of benzene rings is 1. The van der Waals surface area contributed by atoms with Crippen molar-refractivity contribution in [2.45, 2.75) is 33.4 Å². The number of carbonyl (C=O) groups excluding carboxylic acids is 2. The Balaban J connectivity index is 2.50. The number of anilines is 1. The Labute approximate surface area is 113 Å². The van der Waals surface area contributed by atoms with Crippen LogP contribution in [-0.2, 0) is 16.1 Å². The lowest BCUT2D eigenvalue weighted by Gasteiger charge is -2.15. The normalized spacial score (nSPS) is 13.5. The van der Waals surface area contributed by atoms with E-state index in [1.807, 2.05) is 19.1 Å². The Hall–Kier alpha value is -1.88. The first-order valence-corrected chi connectivity index (χ1v) is 6.30. The zero-order valence-corrected chi connectivity index (χ0v) is 11.6. The molecule has 19 heavy (non-hydrogen) atoms. The standard InChI is InChI=1S/C14H21N3O2/c1-9(10(2)15)14(19)16-8-12-4-6-13(7-5-12)17-11(3)18/h4-7,9-10H,8,15H2,1-3H3,(H,16,19)(H,17,18). The summed E-state index contributed by atoms with van der Waals surface area (Å²) in [5, 5.41) is 5.52. The molecule has 0 aliphatic rings. The first kappa shape index (κ1) is 15.2. The molecule has 5 heteroatoms. The first-order valence-electron chi connectivity index (χ1n) is 6.30. The molecule has 0 fully saturated rings. The molecule has 1 aromatic carbocycles. The molecule has 0 aromatic heterocycles. The quantitative estimate of drug-likeness (QED) is 0.747. The van der Waals surface area contributed by atoms with Gasteiger partial charge in [-0.05, 0) is 24.6 Å². The van der Waals surface area contributed by atoms with Gasteiger partial charge in [0.2, 0.25) is 11.8 Å². The number of hydrogen-bond acceptors (Lipinski definition) is 3. The van der Waals surface area contributed by atoms with Crippen molar-refractivity contribution in [3.8, 4) is 0 Å².